The quantitative estimate of drug-likeness (QED) is 0.321. The van der Waals surface area contributed by atoms with Gasteiger partial charge in [-0.3, -0.25) is 4.79 Å². The van der Waals surface area contributed by atoms with E-state index in [1.54, 1.807) is 43.4 Å². The molecule has 1 aromatic heterocycles. The zero-order valence-electron chi connectivity index (χ0n) is 19.8. The molecule has 0 unspecified atom stereocenters. The van der Waals surface area contributed by atoms with Crippen molar-refractivity contribution in [3.63, 3.8) is 0 Å². The molecule has 3 rings (SSSR count). The number of carbonyl (C=O) groups excluding carboxylic acids is 1. The molecule has 0 aliphatic carbocycles. The van der Waals surface area contributed by atoms with Crippen molar-refractivity contribution in [3.05, 3.63) is 70.8 Å². The summed E-state index contributed by atoms with van der Waals surface area (Å²) in [5.41, 5.74) is 7.36. The van der Waals surface area contributed by atoms with Crippen LogP contribution in [0.25, 0.3) is 11.1 Å². The smallest absolute Gasteiger partial charge is 0.335 e. The Kier molecular flexibility index (Phi) is 9.05. The van der Waals surface area contributed by atoms with Crippen LogP contribution in [-0.2, 0) is 10.5 Å². The van der Waals surface area contributed by atoms with E-state index in [0.29, 0.717) is 33.2 Å². The summed E-state index contributed by atoms with van der Waals surface area (Å²) in [6, 6.07) is 17.4. The highest BCUT2D eigenvalue weighted by Crippen LogP contribution is 2.39. The van der Waals surface area contributed by atoms with Crippen LogP contribution in [0, 0.1) is 22.7 Å². The highest BCUT2D eigenvalue weighted by atomic mass is 32.2. The Hall–Kier alpha value is -4.58. The highest BCUT2D eigenvalue weighted by molar-refractivity contribution is 7.98. The standard InChI is InChI=1S/C26H23N5O5S/c1-31(14-22(29)33)24-20(12-27)23(17-5-7-19(8-6-17)36-10-9-32)21(13-28)25(30-24)37-15-16-3-2-4-18(11-16)26(34)35/h2-8,11,32H,9-10,14-15H2,1H3,(H2,29,33)(H,34,35). The first kappa shape index (κ1) is 27.0. The van der Waals surface area contributed by atoms with Gasteiger partial charge < -0.3 is 25.6 Å². The molecule has 4 N–H and O–H groups in total. The summed E-state index contributed by atoms with van der Waals surface area (Å²) in [4.78, 5) is 28.9. The van der Waals surface area contributed by atoms with E-state index < -0.39 is 11.9 Å². The van der Waals surface area contributed by atoms with Crippen LogP contribution >= 0.6 is 11.8 Å². The van der Waals surface area contributed by atoms with E-state index >= 15 is 0 Å². The molecule has 0 spiro atoms. The Balaban J connectivity index is 2.14. The lowest BCUT2D eigenvalue weighted by Crippen LogP contribution is -2.32. The lowest BCUT2D eigenvalue weighted by molar-refractivity contribution is -0.116. The second-order valence-electron chi connectivity index (χ2n) is 7.80. The SMILES string of the molecule is CN(CC(N)=O)c1nc(SCc2cccc(C(=O)O)c2)c(C#N)c(-c2ccc(OCCO)cc2)c1C#N. The van der Waals surface area contributed by atoms with Crippen molar-refractivity contribution in [2.24, 2.45) is 5.73 Å². The average Bonchev–Trinajstić information content (AvgIpc) is 2.89. The number of nitrogens with two attached hydrogens (primary N) is 1. The molecule has 0 radical (unpaired) electrons. The second-order valence-corrected chi connectivity index (χ2v) is 8.77. The van der Waals surface area contributed by atoms with Gasteiger partial charge in [-0.1, -0.05) is 24.3 Å². The first-order valence-corrected chi connectivity index (χ1v) is 11.9. The third-order valence-electron chi connectivity index (χ3n) is 5.18. The largest absolute Gasteiger partial charge is 0.491 e. The molecule has 11 heteroatoms. The maximum Gasteiger partial charge on any atom is 0.335 e. The van der Waals surface area contributed by atoms with Crippen LogP contribution in [0.2, 0.25) is 0 Å². The number of aliphatic hydroxyl groups excluding tert-OH is 1. The van der Waals surface area contributed by atoms with E-state index in [2.05, 4.69) is 17.1 Å². The molecule has 10 nitrogen and oxygen atoms in total. The molecule has 0 aliphatic rings. The van der Waals surface area contributed by atoms with Gasteiger partial charge in [0.2, 0.25) is 5.91 Å². The predicted octanol–water partition coefficient (Wildman–Crippen LogP) is 2.78. The zero-order valence-corrected chi connectivity index (χ0v) is 20.7. The van der Waals surface area contributed by atoms with Crippen molar-refractivity contribution < 1.29 is 24.5 Å². The molecule has 188 valence electrons. The number of nitriles is 2. The van der Waals surface area contributed by atoms with Gasteiger partial charge in [0.05, 0.1) is 24.3 Å². The third-order valence-corrected chi connectivity index (χ3v) is 6.22. The van der Waals surface area contributed by atoms with Gasteiger partial charge in [0.15, 0.2) is 0 Å². The van der Waals surface area contributed by atoms with Gasteiger partial charge in [0.1, 0.15) is 40.9 Å². The fourth-order valence-electron chi connectivity index (χ4n) is 3.57. The second kappa shape index (κ2) is 12.4. The molecule has 1 amide bonds. The molecule has 0 aliphatic heterocycles. The van der Waals surface area contributed by atoms with Crippen LogP contribution in [0.15, 0.2) is 53.6 Å². The predicted molar refractivity (Wildman–Crippen MR) is 137 cm³/mol. The van der Waals surface area contributed by atoms with Gasteiger partial charge in [-0.15, -0.1) is 11.8 Å². The number of amides is 1. The van der Waals surface area contributed by atoms with E-state index in [-0.39, 0.29) is 42.3 Å². The van der Waals surface area contributed by atoms with Crippen molar-refractivity contribution in [1.29, 1.82) is 10.5 Å². The molecule has 2 aromatic carbocycles. The molecule has 0 saturated heterocycles. The topological polar surface area (TPSA) is 174 Å². The summed E-state index contributed by atoms with van der Waals surface area (Å²) in [5, 5.41) is 38.7. The van der Waals surface area contributed by atoms with Gasteiger partial charge in [0.25, 0.3) is 0 Å². The molecule has 0 bridgehead atoms. The lowest BCUT2D eigenvalue weighted by Gasteiger charge is -2.22. The molecule has 3 aromatic rings. The van der Waals surface area contributed by atoms with Crippen LogP contribution in [0.3, 0.4) is 0 Å². The van der Waals surface area contributed by atoms with Crippen molar-refractivity contribution in [2.45, 2.75) is 10.8 Å². The normalized spacial score (nSPS) is 10.3. The number of carboxylic acid groups (broad SMARTS) is 1. The van der Waals surface area contributed by atoms with Gasteiger partial charge in [-0.2, -0.15) is 10.5 Å². The van der Waals surface area contributed by atoms with Crippen LogP contribution in [-0.4, -0.2) is 53.9 Å². The van der Waals surface area contributed by atoms with Crippen LogP contribution in [0.5, 0.6) is 5.75 Å². The van der Waals surface area contributed by atoms with Crippen LogP contribution < -0.4 is 15.4 Å². The first-order chi connectivity index (χ1) is 17.8. The number of anilines is 1. The number of aliphatic hydroxyl groups is 1. The summed E-state index contributed by atoms with van der Waals surface area (Å²) < 4.78 is 5.40. The van der Waals surface area contributed by atoms with Crippen LogP contribution in [0.4, 0.5) is 5.82 Å². The number of nitrogens with zero attached hydrogens (tertiary/aromatic N) is 4. The van der Waals surface area contributed by atoms with Crippen molar-refractivity contribution in [2.75, 3.05) is 31.7 Å². The van der Waals surface area contributed by atoms with Crippen molar-refractivity contribution >= 4 is 29.5 Å². The Bertz CT molecular complexity index is 1400. The Morgan fingerprint density at radius 2 is 1.84 bits per heavy atom. The van der Waals surface area contributed by atoms with Gasteiger partial charge in [-0.25, -0.2) is 9.78 Å². The lowest BCUT2D eigenvalue weighted by atomic mass is 9.96. The fraction of sp³-hybridized carbons (Fsp3) is 0.192. The van der Waals surface area contributed by atoms with E-state index in [0.717, 1.165) is 0 Å². The number of hydrogen-bond donors (Lipinski definition) is 3. The number of likely N-dealkylation sites (N-methyl/N-ethyl adjacent to an activating group) is 1. The summed E-state index contributed by atoms with van der Waals surface area (Å²) in [6.45, 7) is -0.228. The Labute approximate surface area is 217 Å². The highest BCUT2D eigenvalue weighted by Gasteiger charge is 2.24. The maximum atomic E-state index is 11.6. The summed E-state index contributed by atoms with van der Waals surface area (Å²) >= 11 is 1.21. The van der Waals surface area contributed by atoms with E-state index in [4.69, 9.17) is 15.6 Å². The van der Waals surface area contributed by atoms with Crippen LogP contribution in [0.1, 0.15) is 27.0 Å². The number of rotatable bonds is 11. The number of benzene rings is 2. The minimum Gasteiger partial charge on any atom is -0.491 e. The minimum atomic E-state index is -1.05. The fourth-order valence-corrected chi connectivity index (χ4v) is 4.49. The van der Waals surface area contributed by atoms with Gasteiger partial charge in [0, 0.05) is 18.4 Å². The Morgan fingerprint density at radius 3 is 2.43 bits per heavy atom. The van der Waals surface area contributed by atoms with Gasteiger partial charge >= 0.3 is 5.97 Å². The van der Waals surface area contributed by atoms with E-state index in [1.807, 2.05) is 0 Å². The summed E-state index contributed by atoms with van der Waals surface area (Å²) in [7, 11) is 1.57. The number of pyridine rings is 1. The number of aromatic nitrogens is 1. The molecular formula is C26H23N5O5S. The third kappa shape index (κ3) is 6.55. The van der Waals surface area contributed by atoms with Crippen molar-refractivity contribution in [3.8, 4) is 29.0 Å². The number of carboxylic acids is 1. The monoisotopic (exact) mass is 517 g/mol. The van der Waals surface area contributed by atoms with Crippen molar-refractivity contribution in [1.82, 2.24) is 4.98 Å². The zero-order chi connectivity index (χ0) is 26.9. The summed E-state index contributed by atoms with van der Waals surface area (Å²) in [5.74, 6) is -0.684. The number of aromatic carboxylic acids is 1. The molecular weight excluding hydrogens is 494 g/mol. The number of ether oxygens (including phenoxy) is 1. The molecule has 37 heavy (non-hydrogen) atoms. The minimum absolute atomic E-state index is 0.0987. The van der Waals surface area contributed by atoms with E-state index in [9.17, 15) is 25.2 Å². The number of carbonyl (C=O) groups is 2. The summed E-state index contributed by atoms with van der Waals surface area (Å²) in [6.07, 6.45) is 0. The first-order valence-electron chi connectivity index (χ1n) is 11.0. The number of thioether (sulfide) groups is 1. The molecule has 0 saturated carbocycles. The maximum absolute atomic E-state index is 11.6. The molecule has 1 heterocycles. The number of hydrogen-bond acceptors (Lipinski definition) is 9. The van der Waals surface area contributed by atoms with E-state index in [1.165, 1.54) is 28.8 Å². The molecule has 0 fully saturated rings. The average molecular weight is 518 g/mol. The Morgan fingerprint density at radius 1 is 1.14 bits per heavy atom. The molecule has 0 atom stereocenters. The number of primary amides is 1. The van der Waals surface area contributed by atoms with Gasteiger partial charge in [-0.05, 0) is 35.4 Å².